The first-order chi connectivity index (χ1) is 9.20. The van der Waals surface area contributed by atoms with Crippen LogP contribution in [0.25, 0.3) is 0 Å². The average Bonchev–Trinajstić information content (AvgIpc) is 2.47. The van der Waals surface area contributed by atoms with Crippen LogP contribution < -0.4 is 4.90 Å². The fraction of sp³-hybridized carbons (Fsp3) is 0.188. The van der Waals surface area contributed by atoms with E-state index in [0.29, 0.717) is 5.56 Å². The normalized spacial score (nSPS) is 10.0. The van der Waals surface area contributed by atoms with Gasteiger partial charge in [-0.25, -0.2) is 4.79 Å². The van der Waals surface area contributed by atoms with Crippen LogP contribution in [-0.2, 0) is 11.3 Å². The van der Waals surface area contributed by atoms with Crippen LogP contribution in [0.1, 0.15) is 15.9 Å². The zero-order valence-electron chi connectivity index (χ0n) is 11.2. The number of esters is 1. The summed E-state index contributed by atoms with van der Waals surface area (Å²) in [6, 6.07) is 17.6. The van der Waals surface area contributed by atoms with Crippen LogP contribution in [0.3, 0.4) is 0 Å². The van der Waals surface area contributed by atoms with E-state index in [1.165, 1.54) is 7.11 Å². The smallest absolute Gasteiger partial charge is 0.337 e. The number of para-hydroxylation sites is 1. The second-order valence-corrected chi connectivity index (χ2v) is 4.38. The maximum absolute atomic E-state index is 11.5. The number of carbonyl (C=O) groups excluding carboxylic acids is 1. The first-order valence-electron chi connectivity index (χ1n) is 6.14. The first kappa shape index (κ1) is 13.1. The molecule has 0 aliphatic heterocycles. The number of benzene rings is 2. The van der Waals surface area contributed by atoms with E-state index in [2.05, 4.69) is 17.0 Å². The lowest BCUT2D eigenvalue weighted by Gasteiger charge is -2.19. The third kappa shape index (κ3) is 3.35. The molecule has 0 heterocycles. The molecule has 19 heavy (non-hydrogen) atoms. The second kappa shape index (κ2) is 6.05. The highest BCUT2D eigenvalue weighted by atomic mass is 16.5. The summed E-state index contributed by atoms with van der Waals surface area (Å²) >= 11 is 0. The Labute approximate surface area is 113 Å². The zero-order chi connectivity index (χ0) is 13.7. The van der Waals surface area contributed by atoms with Crippen LogP contribution in [0.15, 0.2) is 54.6 Å². The van der Waals surface area contributed by atoms with E-state index < -0.39 is 0 Å². The van der Waals surface area contributed by atoms with Crippen molar-refractivity contribution in [2.24, 2.45) is 0 Å². The van der Waals surface area contributed by atoms with Crippen LogP contribution in [0.5, 0.6) is 0 Å². The quantitative estimate of drug-likeness (QED) is 0.786. The Balaban J connectivity index is 2.13. The van der Waals surface area contributed by atoms with Gasteiger partial charge in [-0.2, -0.15) is 0 Å². The Morgan fingerprint density at radius 1 is 1.11 bits per heavy atom. The first-order valence-corrected chi connectivity index (χ1v) is 6.14. The molecule has 2 aromatic rings. The Hall–Kier alpha value is -2.29. The van der Waals surface area contributed by atoms with Crippen molar-refractivity contribution in [3.63, 3.8) is 0 Å². The van der Waals surface area contributed by atoms with Crippen LogP contribution in [0, 0.1) is 0 Å². The number of carbonyl (C=O) groups is 1. The monoisotopic (exact) mass is 255 g/mol. The van der Waals surface area contributed by atoms with E-state index in [9.17, 15) is 4.79 Å². The fourth-order valence-electron chi connectivity index (χ4n) is 1.96. The van der Waals surface area contributed by atoms with Gasteiger partial charge in [0, 0.05) is 19.3 Å². The third-order valence-corrected chi connectivity index (χ3v) is 2.96. The van der Waals surface area contributed by atoms with Gasteiger partial charge in [-0.15, -0.1) is 0 Å². The van der Waals surface area contributed by atoms with Gasteiger partial charge >= 0.3 is 5.97 Å². The molecule has 0 radical (unpaired) electrons. The fourth-order valence-corrected chi connectivity index (χ4v) is 1.96. The second-order valence-electron chi connectivity index (χ2n) is 4.38. The molecule has 0 N–H and O–H groups in total. The molecule has 0 saturated heterocycles. The third-order valence-electron chi connectivity index (χ3n) is 2.96. The number of methoxy groups -OCH3 is 1. The minimum atomic E-state index is -0.302. The van der Waals surface area contributed by atoms with Crippen molar-refractivity contribution < 1.29 is 9.53 Å². The Morgan fingerprint density at radius 3 is 2.53 bits per heavy atom. The van der Waals surface area contributed by atoms with E-state index in [4.69, 9.17) is 4.74 Å². The van der Waals surface area contributed by atoms with Crippen molar-refractivity contribution in [2.75, 3.05) is 19.1 Å². The zero-order valence-corrected chi connectivity index (χ0v) is 11.2. The molecule has 0 atom stereocenters. The topological polar surface area (TPSA) is 29.5 Å². The molecular formula is C16H17NO2. The lowest BCUT2D eigenvalue weighted by molar-refractivity contribution is 0.0600. The van der Waals surface area contributed by atoms with Crippen molar-refractivity contribution in [1.29, 1.82) is 0 Å². The van der Waals surface area contributed by atoms with Crippen LogP contribution in [0.2, 0.25) is 0 Å². The molecule has 0 aliphatic rings. The minimum Gasteiger partial charge on any atom is -0.465 e. The van der Waals surface area contributed by atoms with Crippen molar-refractivity contribution in [3.8, 4) is 0 Å². The molecule has 2 aromatic carbocycles. The summed E-state index contributed by atoms with van der Waals surface area (Å²) in [7, 11) is 3.42. The lowest BCUT2D eigenvalue weighted by Crippen LogP contribution is -2.16. The molecule has 0 aliphatic carbocycles. The predicted molar refractivity (Wildman–Crippen MR) is 76.3 cm³/mol. The van der Waals surface area contributed by atoms with Crippen molar-refractivity contribution in [2.45, 2.75) is 6.54 Å². The van der Waals surface area contributed by atoms with Gasteiger partial charge in [0.25, 0.3) is 0 Å². The SMILES string of the molecule is COC(=O)c1cccc(CN(C)c2ccccc2)c1. The van der Waals surface area contributed by atoms with Crippen molar-refractivity contribution >= 4 is 11.7 Å². The molecular weight excluding hydrogens is 238 g/mol. The number of anilines is 1. The number of ether oxygens (including phenoxy) is 1. The van der Waals surface area contributed by atoms with Crippen LogP contribution in [-0.4, -0.2) is 20.1 Å². The summed E-state index contributed by atoms with van der Waals surface area (Å²) in [5, 5.41) is 0. The Morgan fingerprint density at radius 2 is 1.84 bits per heavy atom. The largest absolute Gasteiger partial charge is 0.465 e. The summed E-state index contributed by atoms with van der Waals surface area (Å²) in [4.78, 5) is 13.6. The van der Waals surface area contributed by atoms with E-state index in [1.807, 2.05) is 43.4 Å². The standard InChI is InChI=1S/C16H17NO2/c1-17(15-9-4-3-5-10-15)12-13-7-6-8-14(11-13)16(18)19-2/h3-11H,12H2,1-2H3. The highest BCUT2D eigenvalue weighted by Gasteiger charge is 2.07. The molecule has 0 amide bonds. The number of hydrogen-bond donors (Lipinski definition) is 0. The summed E-state index contributed by atoms with van der Waals surface area (Å²) in [5.41, 5.74) is 2.81. The maximum atomic E-state index is 11.5. The van der Waals surface area contributed by atoms with Gasteiger partial charge in [-0.3, -0.25) is 0 Å². The van der Waals surface area contributed by atoms with E-state index in [1.54, 1.807) is 6.07 Å². The van der Waals surface area contributed by atoms with E-state index in [0.717, 1.165) is 17.8 Å². The summed E-state index contributed by atoms with van der Waals surface area (Å²) in [6.45, 7) is 0.745. The van der Waals surface area contributed by atoms with Gasteiger partial charge < -0.3 is 9.64 Å². The number of nitrogens with zero attached hydrogens (tertiary/aromatic N) is 1. The highest BCUT2D eigenvalue weighted by Crippen LogP contribution is 2.15. The van der Waals surface area contributed by atoms with Crippen molar-refractivity contribution in [3.05, 3.63) is 65.7 Å². The highest BCUT2D eigenvalue weighted by molar-refractivity contribution is 5.89. The van der Waals surface area contributed by atoms with Gasteiger partial charge in [0.05, 0.1) is 12.7 Å². The maximum Gasteiger partial charge on any atom is 0.337 e. The van der Waals surface area contributed by atoms with E-state index >= 15 is 0 Å². The van der Waals surface area contributed by atoms with Gasteiger partial charge in [0.15, 0.2) is 0 Å². The predicted octanol–water partition coefficient (Wildman–Crippen LogP) is 3.11. The van der Waals surface area contributed by atoms with Crippen LogP contribution >= 0.6 is 0 Å². The molecule has 0 bridgehead atoms. The molecule has 3 heteroatoms. The molecule has 0 unspecified atom stereocenters. The molecule has 0 fully saturated rings. The summed E-state index contributed by atoms with van der Waals surface area (Å²) in [6.07, 6.45) is 0. The van der Waals surface area contributed by atoms with E-state index in [-0.39, 0.29) is 5.97 Å². The van der Waals surface area contributed by atoms with Gasteiger partial charge in [0.1, 0.15) is 0 Å². The Bertz CT molecular complexity index is 552. The summed E-state index contributed by atoms with van der Waals surface area (Å²) < 4.78 is 4.73. The summed E-state index contributed by atoms with van der Waals surface area (Å²) in [5.74, 6) is -0.302. The molecule has 2 rings (SSSR count). The van der Waals surface area contributed by atoms with Crippen molar-refractivity contribution in [1.82, 2.24) is 0 Å². The van der Waals surface area contributed by atoms with Gasteiger partial charge in [0.2, 0.25) is 0 Å². The molecule has 0 saturated carbocycles. The molecule has 3 nitrogen and oxygen atoms in total. The molecule has 0 aromatic heterocycles. The Kier molecular flexibility index (Phi) is 4.18. The average molecular weight is 255 g/mol. The van der Waals surface area contributed by atoms with Crippen LogP contribution in [0.4, 0.5) is 5.69 Å². The number of rotatable bonds is 4. The molecule has 0 spiro atoms. The molecule has 98 valence electrons. The number of hydrogen-bond acceptors (Lipinski definition) is 3. The van der Waals surface area contributed by atoms with Gasteiger partial charge in [-0.05, 0) is 29.8 Å². The van der Waals surface area contributed by atoms with Gasteiger partial charge in [-0.1, -0.05) is 30.3 Å². The minimum absolute atomic E-state index is 0.302. The lowest BCUT2D eigenvalue weighted by atomic mass is 10.1.